The maximum atomic E-state index is 13.0. The number of hydrogen-bond donors (Lipinski definition) is 0. The van der Waals surface area contributed by atoms with Gasteiger partial charge in [0.25, 0.3) is 5.69 Å². The molecule has 162 valence electrons. The summed E-state index contributed by atoms with van der Waals surface area (Å²) in [5, 5.41) is 12.1. The van der Waals surface area contributed by atoms with Crippen molar-refractivity contribution >= 4 is 34.3 Å². The zero-order valence-electron chi connectivity index (χ0n) is 17.6. The lowest BCUT2D eigenvalue weighted by molar-refractivity contribution is -0.384. The third-order valence-corrected chi connectivity index (χ3v) is 6.46. The summed E-state index contributed by atoms with van der Waals surface area (Å²) in [6.45, 7) is 5.47. The van der Waals surface area contributed by atoms with Crippen molar-refractivity contribution in [3.05, 3.63) is 70.4 Å². The zero-order valence-corrected chi connectivity index (χ0v) is 18.4. The molecule has 7 nitrogen and oxygen atoms in total. The first-order valence-corrected chi connectivity index (χ1v) is 11.3. The Morgan fingerprint density at radius 3 is 2.65 bits per heavy atom. The van der Waals surface area contributed by atoms with Gasteiger partial charge in [-0.25, -0.2) is 0 Å². The molecule has 1 aromatic heterocycles. The summed E-state index contributed by atoms with van der Waals surface area (Å²) in [5.41, 5.74) is 2.00. The van der Waals surface area contributed by atoms with Crippen LogP contribution in [0.4, 0.5) is 5.69 Å². The van der Waals surface area contributed by atoms with Gasteiger partial charge in [0.05, 0.1) is 17.1 Å². The van der Waals surface area contributed by atoms with Gasteiger partial charge in [-0.2, -0.15) is 0 Å². The number of thioether (sulfide) groups is 1. The molecule has 1 aliphatic rings. The number of rotatable bonds is 6. The van der Waals surface area contributed by atoms with Crippen molar-refractivity contribution < 1.29 is 14.5 Å². The second-order valence-electron chi connectivity index (χ2n) is 7.91. The van der Waals surface area contributed by atoms with E-state index in [-0.39, 0.29) is 35.3 Å². The lowest BCUT2D eigenvalue weighted by atomic mass is 10.2. The van der Waals surface area contributed by atoms with Crippen molar-refractivity contribution in [2.75, 3.05) is 13.1 Å². The number of carbonyl (C=O) groups excluding carboxylic acids is 1. The Labute approximate surface area is 185 Å². The molecule has 3 aromatic rings. The first-order chi connectivity index (χ1) is 14.9. The minimum atomic E-state index is -0.376. The Morgan fingerprint density at radius 2 is 1.90 bits per heavy atom. The molecule has 2 heterocycles. The van der Waals surface area contributed by atoms with Crippen molar-refractivity contribution in [2.24, 2.45) is 0 Å². The minimum absolute atomic E-state index is 0.0372. The molecule has 0 aliphatic carbocycles. The molecule has 8 heteroatoms. The number of fused-ring (bicyclic) bond motifs is 1. The van der Waals surface area contributed by atoms with E-state index in [9.17, 15) is 14.9 Å². The molecule has 1 amide bonds. The second-order valence-corrected chi connectivity index (χ2v) is 8.93. The van der Waals surface area contributed by atoms with E-state index >= 15 is 0 Å². The molecule has 0 N–H and O–H groups in total. The van der Waals surface area contributed by atoms with Crippen LogP contribution in [-0.4, -0.2) is 45.6 Å². The molecule has 2 atom stereocenters. The number of carbonyl (C=O) groups is 1. The molecular formula is C23H25N3O4S. The summed E-state index contributed by atoms with van der Waals surface area (Å²) in [5.74, 6) is 0.695. The van der Waals surface area contributed by atoms with Crippen LogP contribution in [0.15, 0.2) is 59.6 Å². The number of para-hydroxylation sites is 1. The number of non-ortho nitro benzene ring substituents is 1. The van der Waals surface area contributed by atoms with Crippen LogP contribution in [-0.2, 0) is 21.8 Å². The Kier molecular flexibility index (Phi) is 6.29. The van der Waals surface area contributed by atoms with Crippen molar-refractivity contribution in [2.45, 2.75) is 43.2 Å². The van der Waals surface area contributed by atoms with Gasteiger partial charge in [0.1, 0.15) is 6.54 Å². The van der Waals surface area contributed by atoms with Gasteiger partial charge < -0.3 is 14.2 Å². The molecule has 0 bridgehead atoms. The highest BCUT2D eigenvalue weighted by Crippen LogP contribution is 2.33. The highest BCUT2D eigenvalue weighted by Gasteiger charge is 2.26. The summed E-state index contributed by atoms with van der Waals surface area (Å²) >= 11 is 1.62. The van der Waals surface area contributed by atoms with E-state index in [1.807, 2.05) is 59.8 Å². The quantitative estimate of drug-likeness (QED) is 0.322. The van der Waals surface area contributed by atoms with Crippen LogP contribution in [0, 0.1) is 10.1 Å². The fraction of sp³-hybridized carbons (Fsp3) is 0.348. The van der Waals surface area contributed by atoms with E-state index in [0.29, 0.717) is 18.8 Å². The van der Waals surface area contributed by atoms with Gasteiger partial charge in [-0.15, -0.1) is 11.8 Å². The van der Waals surface area contributed by atoms with E-state index in [1.165, 1.54) is 6.07 Å². The average Bonchev–Trinajstić information content (AvgIpc) is 3.09. The Bertz CT molecular complexity index is 1100. The predicted molar refractivity (Wildman–Crippen MR) is 121 cm³/mol. The molecule has 1 aliphatic heterocycles. The summed E-state index contributed by atoms with van der Waals surface area (Å²) in [4.78, 5) is 26.6. The van der Waals surface area contributed by atoms with Crippen molar-refractivity contribution in [3.63, 3.8) is 0 Å². The predicted octanol–water partition coefficient (Wildman–Crippen LogP) is 4.48. The third kappa shape index (κ3) is 4.91. The van der Waals surface area contributed by atoms with Crippen molar-refractivity contribution in [3.8, 4) is 0 Å². The summed E-state index contributed by atoms with van der Waals surface area (Å²) < 4.78 is 7.74. The van der Waals surface area contributed by atoms with Crippen LogP contribution in [0.1, 0.15) is 19.4 Å². The smallest absolute Gasteiger partial charge is 0.269 e. The average molecular weight is 440 g/mol. The lowest BCUT2D eigenvalue weighted by Crippen LogP contribution is -2.49. The third-order valence-electron chi connectivity index (χ3n) is 5.35. The number of nitro groups is 1. The topological polar surface area (TPSA) is 77.6 Å². The van der Waals surface area contributed by atoms with Gasteiger partial charge in [-0.05, 0) is 25.5 Å². The fourth-order valence-electron chi connectivity index (χ4n) is 4.01. The van der Waals surface area contributed by atoms with Crippen LogP contribution in [0.3, 0.4) is 0 Å². The SMILES string of the molecule is C[C@@H]1CN(C(=O)Cn2cc(SCc3cccc([N+](=O)[O-])c3)c3ccccc32)C[C@H](C)O1. The molecule has 1 saturated heterocycles. The van der Waals surface area contributed by atoms with Crippen LogP contribution >= 0.6 is 11.8 Å². The first-order valence-electron chi connectivity index (χ1n) is 10.3. The normalized spacial score (nSPS) is 19.0. The molecule has 1 fully saturated rings. The highest BCUT2D eigenvalue weighted by atomic mass is 32.2. The van der Waals surface area contributed by atoms with E-state index in [4.69, 9.17) is 4.74 Å². The number of benzene rings is 2. The van der Waals surface area contributed by atoms with Gasteiger partial charge >= 0.3 is 0 Å². The molecule has 0 radical (unpaired) electrons. The summed E-state index contributed by atoms with van der Waals surface area (Å²) in [6, 6.07) is 14.7. The fourth-order valence-corrected chi connectivity index (χ4v) is 5.04. The largest absolute Gasteiger partial charge is 0.372 e. The van der Waals surface area contributed by atoms with Crippen LogP contribution in [0.25, 0.3) is 10.9 Å². The first kappa shape index (κ1) is 21.4. The van der Waals surface area contributed by atoms with Crippen molar-refractivity contribution in [1.82, 2.24) is 9.47 Å². The molecule has 0 saturated carbocycles. The molecule has 4 rings (SSSR count). The number of morpholine rings is 1. The standard InChI is InChI=1S/C23H25N3O4S/c1-16-11-25(12-17(2)30-16)23(27)14-24-13-22(20-8-3-4-9-21(20)24)31-15-18-6-5-7-19(10-18)26(28)29/h3-10,13,16-17H,11-12,14-15H2,1-2H3/t16-,17+. The zero-order chi connectivity index (χ0) is 22.0. The molecule has 0 spiro atoms. The van der Waals surface area contributed by atoms with Gasteiger partial charge in [-0.1, -0.05) is 30.3 Å². The number of amides is 1. The number of ether oxygens (including phenoxy) is 1. The molecule has 2 aromatic carbocycles. The summed E-state index contributed by atoms with van der Waals surface area (Å²) in [7, 11) is 0. The van der Waals surface area contributed by atoms with E-state index in [0.717, 1.165) is 21.4 Å². The Balaban J connectivity index is 1.53. The van der Waals surface area contributed by atoms with E-state index in [1.54, 1.807) is 23.9 Å². The van der Waals surface area contributed by atoms with E-state index in [2.05, 4.69) is 0 Å². The van der Waals surface area contributed by atoms with Crippen LogP contribution in [0.5, 0.6) is 0 Å². The van der Waals surface area contributed by atoms with Gasteiger partial charge in [0.2, 0.25) is 5.91 Å². The Morgan fingerprint density at radius 1 is 1.16 bits per heavy atom. The Hall–Kier alpha value is -2.84. The van der Waals surface area contributed by atoms with Crippen LogP contribution < -0.4 is 0 Å². The molecular weight excluding hydrogens is 414 g/mol. The van der Waals surface area contributed by atoms with Gasteiger partial charge in [-0.3, -0.25) is 14.9 Å². The monoisotopic (exact) mass is 439 g/mol. The maximum absolute atomic E-state index is 13.0. The van der Waals surface area contributed by atoms with E-state index < -0.39 is 0 Å². The second kappa shape index (κ2) is 9.11. The van der Waals surface area contributed by atoms with Gasteiger partial charge in [0, 0.05) is 53.0 Å². The lowest BCUT2D eigenvalue weighted by Gasteiger charge is -2.35. The highest BCUT2D eigenvalue weighted by molar-refractivity contribution is 7.98. The summed E-state index contributed by atoms with van der Waals surface area (Å²) in [6.07, 6.45) is 2.09. The van der Waals surface area contributed by atoms with Crippen molar-refractivity contribution in [1.29, 1.82) is 0 Å². The minimum Gasteiger partial charge on any atom is -0.372 e. The number of aromatic nitrogens is 1. The molecule has 31 heavy (non-hydrogen) atoms. The number of hydrogen-bond acceptors (Lipinski definition) is 5. The maximum Gasteiger partial charge on any atom is 0.269 e. The number of nitro benzene ring substituents is 1. The van der Waals surface area contributed by atoms with Crippen LogP contribution in [0.2, 0.25) is 0 Å². The molecule has 0 unspecified atom stereocenters. The number of nitrogens with zero attached hydrogens (tertiary/aromatic N) is 3. The van der Waals surface area contributed by atoms with Gasteiger partial charge in [0.15, 0.2) is 0 Å².